The molecule has 3 nitrogen and oxygen atoms in total. The maximum atomic E-state index is 11.8. The quantitative estimate of drug-likeness (QED) is 0.629. The number of benzene rings is 1. The SMILES string of the molecule is COC(=O)C1(c2ccc(C3CCCCC3)c(Cl)c2)CO1. The average molecular weight is 295 g/mol. The first-order chi connectivity index (χ1) is 9.67. The number of hydrogen-bond acceptors (Lipinski definition) is 3. The Kier molecular flexibility index (Phi) is 3.74. The van der Waals surface area contributed by atoms with Gasteiger partial charge < -0.3 is 9.47 Å². The molecule has 0 aromatic heterocycles. The number of ether oxygens (including phenoxy) is 2. The zero-order valence-electron chi connectivity index (χ0n) is 11.7. The van der Waals surface area contributed by atoms with Gasteiger partial charge in [-0.1, -0.05) is 43.0 Å². The molecule has 1 aromatic carbocycles. The normalized spacial score (nSPS) is 26.3. The molecule has 1 saturated heterocycles. The number of rotatable bonds is 3. The number of carbonyl (C=O) groups is 1. The summed E-state index contributed by atoms with van der Waals surface area (Å²) in [5.74, 6) is 0.207. The Balaban J connectivity index is 1.86. The molecule has 0 spiro atoms. The van der Waals surface area contributed by atoms with Gasteiger partial charge in [0, 0.05) is 5.02 Å². The molecule has 108 valence electrons. The van der Waals surface area contributed by atoms with Crippen LogP contribution in [-0.4, -0.2) is 19.7 Å². The predicted octanol–water partition coefficient (Wildman–Crippen LogP) is 3.79. The van der Waals surface area contributed by atoms with Crippen molar-refractivity contribution < 1.29 is 14.3 Å². The maximum absolute atomic E-state index is 11.8. The topological polar surface area (TPSA) is 38.8 Å². The lowest BCUT2D eigenvalue weighted by Gasteiger charge is -2.23. The van der Waals surface area contributed by atoms with Crippen molar-refractivity contribution >= 4 is 17.6 Å². The van der Waals surface area contributed by atoms with Crippen molar-refractivity contribution in [3.8, 4) is 0 Å². The smallest absolute Gasteiger partial charge is 0.345 e. The molecule has 0 amide bonds. The molecule has 0 radical (unpaired) electrons. The van der Waals surface area contributed by atoms with Crippen LogP contribution in [0.1, 0.15) is 49.1 Å². The first-order valence-electron chi connectivity index (χ1n) is 7.20. The van der Waals surface area contributed by atoms with Crippen molar-refractivity contribution in [1.82, 2.24) is 0 Å². The predicted molar refractivity (Wildman–Crippen MR) is 76.9 cm³/mol. The molecule has 0 bridgehead atoms. The van der Waals surface area contributed by atoms with Gasteiger partial charge >= 0.3 is 5.97 Å². The molecule has 1 unspecified atom stereocenters. The third kappa shape index (κ3) is 2.33. The zero-order valence-corrected chi connectivity index (χ0v) is 12.4. The average Bonchev–Trinajstić information content (AvgIpc) is 3.29. The number of halogens is 1. The minimum absolute atomic E-state index is 0.348. The van der Waals surface area contributed by atoms with E-state index >= 15 is 0 Å². The van der Waals surface area contributed by atoms with Crippen LogP contribution in [0.3, 0.4) is 0 Å². The van der Waals surface area contributed by atoms with Gasteiger partial charge in [0.15, 0.2) is 0 Å². The van der Waals surface area contributed by atoms with E-state index < -0.39 is 5.60 Å². The highest BCUT2D eigenvalue weighted by molar-refractivity contribution is 6.31. The third-order valence-electron chi connectivity index (χ3n) is 4.46. The highest BCUT2D eigenvalue weighted by Crippen LogP contribution is 2.43. The van der Waals surface area contributed by atoms with Gasteiger partial charge in [0.2, 0.25) is 5.60 Å². The van der Waals surface area contributed by atoms with Crippen molar-refractivity contribution in [1.29, 1.82) is 0 Å². The number of esters is 1. The Hall–Kier alpha value is -1.06. The lowest BCUT2D eigenvalue weighted by Crippen LogP contribution is -2.23. The second kappa shape index (κ2) is 5.38. The van der Waals surface area contributed by atoms with Gasteiger partial charge in [0.25, 0.3) is 0 Å². The second-order valence-corrected chi connectivity index (χ2v) is 6.09. The van der Waals surface area contributed by atoms with Crippen molar-refractivity contribution in [3.05, 3.63) is 34.3 Å². The molecule has 3 rings (SSSR count). The molecule has 1 saturated carbocycles. The van der Waals surface area contributed by atoms with Crippen LogP contribution in [0.25, 0.3) is 0 Å². The van der Waals surface area contributed by atoms with Gasteiger partial charge in [-0.2, -0.15) is 0 Å². The highest BCUT2D eigenvalue weighted by atomic mass is 35.5. The minimum atomic E-state index is -0.913. The molecule has 4 heteroatoms. The lowest BCUT2D eigenvalue weighted by atomic mass is 9.83. The van der Waals surface area contributed by atoms with E-state index in [0.717, 1.165) is 10.6 Å². The molecule has 1 aromatic rings. The number of carbonyl (C=O) groups excluding carboxylic acids is 1. The summed E-state index contributed by atoms with van der Waals surface area (Å²) in [6.07, 6.45) is 6.29. The summed E-state index contributed by atoms with van der Waals surface area (Å²) in [5, 5.41) is 0.744. The Labute approximate surface area is 124 Å². The van der Waals surface area contributed by atoms with E-state index in [1.807, 2.05) is 12.1 Å². The number of methoxy groups -OCH3 is 1. The minimum Gasteiger partial charge on any atom is -0.467 e. The summed E-state index contributed by atoms with van der Waals surface area (Å²) in [6.45, 7) is 0.374. The summed E-state index contributed by atoms with van der Waals surface area (Å²) in [6, 6.07) is 5.88. The summed E-state index contributed by atoms with van der Waals surface area (Å²) in [7, 11) is 1.38. The second-order valence-electron chi connectivity index (χ2n) is 5.68. The first kappa shape index (κ1) is 13.9. The van der Waals surface area contributed by atoms with Gasteiger partial charge in [-0.05, 0) is 36.0 Å². The number of hydrogen-bond donors (Lipinski definition) is 0. The molecule has 1 aliphatic carbocycles. The molecule has 1 atom stereocenters. The standard InChI is InChI=1S/C16H19ClO3/c1-19-15(18)16(10-20-16)12-7-8-13(14(17)9-12)11-5-3-2-4-6-11/h7-9,11H,2-6,10H2,1H3. The van der Waals surface area contributed by atoms with Crippen molar-refractivity contribution in [2.24, 2.45) is 0 Å². The van der Waals surface area contributed by atoms with E-state index in [9.17, 15) is 4.79 Å². The van der Waals surface area contributed by atoms with Gasteiger partial charge in [-0.25, -0.2) is 4.79 Å². The molecule has 20 heavy (non-hydrogen) atoms. The maximum Gasteiger partial charge on any atom is 0.345 e. The fourth-order valence-corrected chi connectivity index (χ4v) is 3.50. The number of epoxide rings is 1. The van der Waals surface area contributed by atoms with E-state index in [1.54, 1.807) is 0 Å². The van der Waals surface area contributed by atoms with E-state index in [4.69, 9.17) is 21.1 Å². The van der Waals surface area contributed by atoms with Crippen molar-refractivity contribution in [2.45, 2.75) is 43.6 Å². The largest absolute Gasteiger partial charge is 0.467 e. The van der Waals surface area contributed by atoms with E-state index in [2.05, 4.69) is 6.07 Å². The Morgan fingerprint density at radius 3 is 2.60 bits per heavy atom. The molecule has 2 fully saturated rings. The zero-order chi connectivity index (χ0) is 14.2. The fraction of sp³-hybridized carbons (Fsp3) is 0.562. The molecule has 1 aliphatic heterocycles. The monoisotopic (exact) mass is 294 g/mol. The van der Waals surface area contributed by atoms with Gasteiger partial charge in [0.1, 0.15) is 0 Å². The van der Waals surface area contributed by atoms with Crippen LogP contribution in [0.2, 0.25) is 5.02 Å². The van der Waals surface area contributed by atoms with Gasteiger partial charge in [-0.3, -0.25) is 0 Å². The molecule has 2 aliphatic rings. The summed E-state index contributed by atoms with van der Waals surface area (Å²) in [4.78, 5) is 11.8. The van der Waals surface area contributed by atoms with Gasteiger partial charge in [-0.15, -0.1) is 0 Å². The first-order valence-corrected chi connectivity index (χ1v) is 7.57. The van der Waals surface area contributed by atoms with Crippen LogP contribution in [0.15, 0.2) is 18.2 Å². The van der Waals surface area contributed by atoms with E-state index in [1.165, 1.54) is 44.8 Å². The molecule has 1 heterocycles. The van der Waals surface area contributed by atoms with Crippen molar-refractivity contribution in [2.75, 3.05) is 13.7 Å². The molecule has 0 N–H and O–H groups in total. The van der Waals surface area contributed by atoms with Crippen LogP contribution in [0, 0.1) is 0 Å². The Bertz CT molecular complexity index is 516. The van der Waals surface area contributed by atoms with Crippen LogP contribution >= 0.6 is 11.6 Å². The molecular formula is C16H19ClO3. The highest BCUT2D eigenvalue weighted by Gasteiger charge is 2.55. The fourth-order valence-electron chi connectivity index (χ4n) is 3.16. The summed E-state index contributed by atoms with van der Waals surface area (Å²) in [5.41, 5.74) is 1.09. The molecular weight excluding hydrogens is 276 g/mol. The summed E-state index contributed by atoms with van der Waals surface area (Å²) < 4.78 is 10.2. The van der Waals surface area contributed by atoms with Crippen LogP contribution in [0.4, 0.5) is 0 Å². The third-order valence-corrected chi connectivity index (χ3v) is 4.79. The van der Waals surface area contributed by atoms with E-state index in [0.29, 0.717) is 12.5 Å². The van der Waals surface area contributed by atoms with Crippen LogP contribution in [-0.2, 0) is 19.9 Å². The Morgan fingerprint density at radius 1 is 1.35 bits per heavy atom. The Morgan fingerprint density at radius 2 is 2.05 bits per heavy atom. The van der Waals surface area contributed by atoms with Crippen LogP contribution < -0.4 is 0 Å². The van der Waals surface area contributed by atoms with E-state index in [-0.39, 0.29) is 5.97 Å². The van der Waals surface area contributed by atoms with Crippen molar-refractivity contribution in [3.63, 3.8) is 0 Å². The summed E-state index contributed by atoms with van der Waals surface area (Å²) >= 11 is 6.44. The van der Waals surface area contributed by atoms with Crippen LogP contribution in [0.5, 0.6) is 0 Å². The van der Waals surface area contributed by atoms with Gasteiger partial charge in [0.05, 0.1) is 13.7 Å². The lowest BCUT2D eigenvalue weighted by molar-refractivity contribution is -0.147.